The molecule has 0 radical (unpaired) electrons. The molecule has 5 amide bonds. The average molecular weight is 403 g/mol. The number of ether oxygens (including phenoxy) is 1. The first-order chi connectivity index (χ1) is 13.9. The van der Waals surface area contributed by atoms with E-state index in [1.807, 2.05) is 0 Å². The molecule has 3 rings (SSSR count). The van der Waals surface area contributed by atoms with Crippen LogP contribution < -0.4 is 15.4 Å². The predicted octanol–water partition coefficient (Wildman–Crippen LogP) is -0.645. The van der Waals surface area contributed by atoms with Gasteiger partial charge in [-0.3, -0.25) is 34.2 Å². The maximum Gasteiger partial charge on any atom is 0.266 e. The number of hydrogen-bond donors (Lipinski definition) is 3. The molecule has 0 aromatic heterocycles. The van der Waals surface area contributed by atoms with Crippen molar-refractivity contribution in [1.29, 1.82) is 0 Å². The summed E-state index contributed by atoms with van der Waals surface area (Å²) in [5.74, 6) is -2.51. The van der Waals surface area contributed by atoms with Gasteiger partial charge in [-0.15, -0.1) is 0 Å². The van der Waals surface area contributed by atoms with Crippen LogP contribution >= 0.6 is 0 Å². The van der Waals surface area contributed by atoms with Gasteiger partial charge in [-0.05, 0) is 31.4 Å². The Hall–Kier alpha value is -3.27. The minimum absolute atomic E-state index is 0.0555. The number of benzene rings is 1. The fourth-order valence-electron chi connectivity index (χ4n) is 3.30. The van der Waals surface area contributed by atoms with Gasteiger partial charge in [0.1, 0.15) is 18.4 Å². The molecule has 1 fully saturated rings. The first-order valence-electron chi connectivity index (χ1n) is 9.29. The number of fused-ring (bicyclic) bond motifs is 1. The van der Waals surface area contributed by atoms with Crippen LogP contribution in [0.2, 0.25) is 0 Å². The first-order valence-corrected chi connectivity index (χ1v) is 9.29. The highest BCUT2D eigenvalue weighted by Crippen LogP contribution is 2.33. The number of carbonyl (C=O) groups excluding carboxylic acids is 5. The quantitative estimate of drug-likeness (QED) is 0.387. The highest BCUT2D eigenvalue weighted by Gasteiger charge is 2.45. The van der Waals surface area contributed by atoms with Crippen LogP contribution in [0.25, 0.3) is 0 Å². The molecule has 2 aliphatic rings. The van der Waals surface area contributed by atoms with Crippen molar-refractivity contribution in [2.24, 2.45) is 0 Å². The molecule has 0 saturated carbocycles. The van der Waals surface area contributed by atoms with Crippen molar-refractivity contribution in [3.63, 3.8) is 0 Å². The molecular formula is C19H21N3O7. The van der Waals surface area contributed by atoms with Gasteiger partial charge in [-0.2, -0.15) is 0 Å². The lowest BCUT2D eigenvalue weighted by Gasteiger charge is -2.27. The lowest BCUT2D eigenvalue weighted by molar-refractivity contribution is -0.136. The summed E-state index contributed by atoms with van der Waals surface area (Å²) in [7, 11) is 0. The summed E-state index contributed by atoms with van der Waals surface area (Å²) in [6, 6.07) is 3.64. The van der Waals surface area contributed by atoms with E-state index in [-0.39, 0.29) is 36.3 Å². The maximum atomic E-state index is 12.9. The van der Waals surface area contributed by atoms with Gasteiger partial charge in [0.25, 0.3) is 11.8 Å². The summed E-state index contributed by atoms with van der Waals surface area (Å²) in [5, 5.41) is 13.3. The van der Waals surface area contributed by atoms with E-state index < -0.39 is 42.2 Å². The zero-order chi connectivity index (χ0) is 21.0. The summed E-state index contributed by atoms with van der Waals surface area (Å²) in [6.07, 6.45) is 1.33. The Balaban J connectivity index is 1.65. The Labute approximate surface area is 166 Å². The van der Waals surface area contributed by atoms with E-state index in [9.17, 15) is 24.0 Å². The molecule has 1 unspecified atom stereocenters. The van der Waals surface area contributed by atoms with E-state index in [1.165, 1.54) is 6.07 Å². The number of piperidine rings is 1. The fraction of sp³-hybridized carbons (Fsp3) is 0.421. The van der Waals surface area contributed by atoms with Crippen LogP contribution in [0, 0.1) is 0 Å². The summed E-state index contributed by atoms with van der Waals surface area (Å²) < 4.78 is 5.66. The number of imide groups is 2. The zero-order valence-corrected chi connectivity index (χ0v) is 15.6. The van der Waals surface area contributed by atoms with Gasteiger partial charge in [0, 0.05) is 13.0 Å². The Morgan fingerprint density at radius 1 is 1.21 bits per heavy atom. The van der Waals surface area contributed by atoms with E-state index in [2.05, 4.69) is 10.6 Å². The third-order valence-corrected chi connectivity index (χ3v) is 4.72. The lowest BCUT2D eigenvalue weighted by atomic mass is 10.0. The van der Waals surface area contributed by atoms with Crippen LogP contribution in [0.3, 0.4) is 0 Å². The van der Waals surface area contributed by atoms with Crippen LogP contribution in [0.4, 0.5) is 0 Å². The third-order valence-electron chi connectivity index (χ3n) is 4.72. The maximum absolute atomic E-state index is 12.9. The number of nitrogens with one attached hydrogen (secondary N) is 2. The highest BCUT2D eigenvalue weighted by molar-refractivity contribution is 6.24. The normalized spacial score (nSPS) is 18.5. The van der Waals surface area contributed by atoms with Gasteiger partial charge in [-0.1, -0.05) is 6.07 Å². The second kappa shape index (κ2) is 8.82. The number of unbranched alkanes of at least 4 members (excludes halogenated alkanes) is 1. The van der Waals surface area contributed by atoms with Gasteiger partial charge >= 0.3 is 0 Å². The molecular weight excluding hydrogens is 382 g/mol. The first kappa shape index (κ1) is 20.5. The van der Waals surface area contributed by atoms with E-state index in [1.54, 1.807) is 12.1 Å². The molecule has 1 aromatic rings. The van der Waals surface area contributed by atoms with Crippen molar-refractivity contribution >= 4 is 29.5 Å². The molecule has 1 saturated heterocycles. The van der Waals surface area contributed by atoms with Crippen molar-refractivity contribution in [3.8, 4) is 5.75 Å². The van der Waals surface area contributed by atoms with Crippen molar-refractivity contribution in [3.05, 3.63) is 29.3 Å². The van der Waals surface area contributed by atoms with Gasteiger partial charge in [0.2, 0.25) is 17.7 Å². The van der Waals surface area contributed by atoms with Crippen molar-refractivity contribution in [1.82, 2.24) is 15.5 Å². The summed E-state index contributed by atoms with van der Waals surface area (Å²) >= 11 is 0. The number of aliphatic hydroxyl groups excluding tert-OH is 1. The molecule has 1 aromatic carbocycles. The minimum atomic E-state index is -1.02. The zero-order valence-electron chi connectivity index (χ0n) is 15.6. The summed E-state index contributed by atoms with van der Waals surface area (Å²) in [6.45, 7) is 0.0775. The molecule has 154 valence electrons. The van der Waals surface area contributed by atoms with E-state index >= 15 is 0 Å². The molecule has 3 N–H and O–H groups in total. The van der Waals surface area contributed by atoms with E-state index in [4.69, 9.17) is 9.84 Å². The Morgan fingerprint density at radius 2 is 2.00 bits per heavy atom. The van der Waals surface area contributed by atoms with Crippen LogP contribution in [0.15, 0.2) is 18.2 Å². The fourth-order valence-corrected chi connectivity index (χ4v) is 3.30. The van der Waals surface area contributed by atoms with Gasteiger partial charge in [0.15, 0.2) is 0 Å². The largest absolute Gasteiger partial charge is 0.493 e. The molecule has 10 heteroatoms. The standard InChI is InChI=1S/C19H21N3O7/c23-10-15(25)20-8-1-2-9-29-13-5-3-4-11-16(13)19(28)22(18(11)27)12-6-7-14(24)21-17(12)26/h3-5,12,23H,1-2,6-10H2,(H,20,25)(H,21,24,26). The number of hydrogen-bond acceptors (Lipinski definition) is 7. The monoisotopic (exact) mass is 403 g/mol. The van der Waals surface area contributed by atoms with Gasteiger partial charge < -0.3 is 15.2 Å². The number of aliphatic hydroxyl groups is 1. The second-order valence-corrected chi connectivity index (χ2v) is 6.69. The Kier molecular flexibility index (Phi) is 6.23. The van der Waals surface area contributed by atoms with Crippen LogP contribution in [-0.4, -0.2) is 65.3 Å². The number of amides is 5. The third kappa shape index (κ3) is 4.27. The van der Waals surface area contributed by atoms with Crippen molar-refractivity contribution in [2.45, 2.75) is 31.7 Å². The topological polar surface area (TPSA) is 142 Å². The smallest absolute Gasteiger partial charge is 0.266 e. The van der Waals surface area contributed by atoms with Crippen molar-refractivity contribution < 1.29 is 33.8 Å². The number of rotatable bonds is 8. The number of carbonyl (C=O) groups is 5. The molecule has 0 bridgehead atoms. The molecule has 2 heterocycles. The Morgan fingerprint density at radius 3 is 2.72 bits per heavy atom. The molecule has 0 aliphatic carbocycles. The summed E-state index contributed by atoms with van der Waals surface area (Å²) in [5.41, 5.74) is 0.267. The highest BCUT2D eigenvalue weighted by atomic mass is 16.5. The number of nitrogens with zero attached hydrogens (tertiary/aromatic N) is 1. The SMILES string of the molecule is O=C(CO)NCCCCOc1cccc2c1C(=O)N(C1CCC(=O)NC1=O)C2=O. The van der Waals surface area contributed by atoms with Gasteiger partial charge in [-0.25, -0.2) is 0 Å². The Bertz CT molecular complexity index is 867. The van der Waals surface area contributed by atoms with Gasteiger partial charge in [0.05, 0.1) is 17.7 Å². The minimum Gasteiger partial charge on any atom is -0.493 e. The molecule has 29 heavy (non-hydrogen) atoms. The molecule has 1 atom stereocenters. The molecule has 0 spiro atoms. The average Bonchev–Trinajstić information content (AvgIpc) is 2.96. The summed E-state index contributed by atoms with van der Waals surface area (Å²) in [4.78, 5) is 60.9. The molecule has 2 aliphatic heterocycles. The van der Waals surface area contributed by atoms with Crippen LogP contribution in [0.1, 0.15) is 46.4 Å². The second-order valence-electron chi connectivity index (χ2n) is 6.69. The van der Waals surface area contributed by atoms with Crippen LogP contribution in [0.5, 0.6) is 5.75 Å². The molecule has 10 nitrogen and oxygen atoms in total. The predicted molar refractivity (Wildman–Crippen MR) is 97.9 cm³/mol. The van der Waals surface area contributed by atoms with E-state index in [0.29, 0.717) is 19.4 Å². The lowest BCUT2D eigenvalue weighted by Crippen LogP contribution is -2.54. The van der Waals surface area contributed by atoms with E-state index in [0.717, 1.165) is 4.90 Å². The van der Waals surface area contributed by atoms with Crippen LogP contribution in [-0.2, 0) is 14.4 Å². The van der Waals surface area contributed by atoms with Crippen molar-refractivity contribution in [2.75, 3.05) is 19.8 Å².